The SMILES string of the molecule is CCOc1ccc(S(=O)(=O)N/N=C(\CC)c2ccc(O)cc2)cc1. The number of phenols is 1. The molecule has 24 heavy (non-hydrogen) atoms. The second-order valence-corrected chi connectivity index (χ2v) is 6.62. The fraction of sp³-hybridized carbons (Fsp3) is 0.235. The van der Waals surface area contributed by atoms with E-state index in [0.717, 1.165) is 5.56 Å². The van der Waals surface area contributed by atoms with Gasteiger partial charge in [0.2, 0.25) is 0 Å². The maximum absolute atomic E-state index is 12.3. The number of hydrazone groups is 1. The molecule has 7 heteroatoms. The van der Waals surface area contributed by atoms with Gasteiger partial charge in [-0.25, -0.2) is 0 Å². The van der Waals surface area contributed by atoms with Gasteiger partial charge in [0.15, 0.2) is 0 Å². The fourth-order valence-corrected chi connectivity index (χ4v) is 2.88. The average Bonchev–Trinajstić information content (AvgIpc) is 2.58. The number of nitrogens with one attached hydrogen (secondary N) is 1. The predicted molar refractivity (Wildman–Crippen MR) is 92.9 cm³/mol. The van der Waals surface area contributed by atoms with E-state index in [1.165, 1.54) is 24.3 Å². The topological polar surface area (TPSA) is 88.0 Å². The summed E-state index contributed by atoms with van der Waals surface area (Å²) in [6.07, 6.45) is 0.538. The largest absolute Gasteiger partial charge is 0.508 e. The molecular weight excluding hydrogens is 328 g/mol. The molecule has 0 fully saturated rings. The number of hydrogen-bond donors (Lipinski definition) is 2. The summed E-state index contributed by atoms with van der Waals surface area (Å²) in [5.74, 6) is 0.752. The number of benzene rings is 2. The molecule has 6 nitrogen and oxygen atoms in total. The summed E-state index contributed by atoms with van der Waals surface area (Å²) in [6, 6.07) is 12.6. The lowest BCUT2D eigenvalue weighted by atomic mass is 10.1. The quantitative estimate of drug-likeness (QED) is 0.595. The Labute approximate surface area is 141 Å². The first-order chi connectivity index (χ1) is 11.5. The summed E-state index contributed by atoms with van der Waals surface area (Å²) in [7, 11) is -3.76. The molecule has 0 aromatic heterocycles. The van der Waals surface area contributed by atoms with E-state index in [0.29, 0.717) is 24.5 Å². The Hall–Kier alpha value is -2.54. The van der Waals surface area contributed by atoms with Gasteiger partial charge in [-0.15, -0.1) is 0 Å². The molecule has 2 aromatic carbocycles. The minimum absolute atomic E-state index is 0.107. The molecule has 0 saturated carbocycles. The highest BCUT2D eigenvalue weighted by Gasteiger charge is 2.13. The molecule has 0 heterocycles. The lowest BCUT2D eigenvalue weighted by Crippen LogP contribution is -2.20. The van der Waals surface area contributed by atoms with Crippen LogP contribution in [-0.2, 0) is 10.0 Å². The van der Waals surface area contributed by atoms with Crippen LogP contribution < -0.4 is 9.57 Å². The maximum atomic E-state index is 12.3. The molecule has 0 amide bonds. The first-order valence-electron chi connectivity index (χ1n) is 7.57. The highest BCUT2D eigenvalue weighted by atomic mass is 32.2. The van der Waals surface area contributed by atoms with Crippen LogP contribution in [-0.4, -0.2) is 25.8 Å². The number of sulfonamides is 1. The molecule has 128 valence electrons. The number of ether oxygens (including phenoxy) is 1. The van der Waals surface area contributed by atoms with Gasteiger partial charge in [0.1, 0.15) is 11.5 Å². The molecule has 0 aliphatic heterocycles. The number of hydrogen-bond acceptors (Lipinski definition) is 5. The van der Waals surface area contributed by atoms with E-state index in [1.54, 1.807) is 24.3 Å². The number of phenolic OH excluding ortho intramolecular Hbond substituents is 1. The molecule has 2 N–H and O–H groups in total. The summed E-state index contributed by atoms with van der Waals surface area (Å²) in [5, 5.41) is 13.3. The van der Waals surface area contributed by atoms with Crippen molar-refractivity contribution in [3.05, 3.63) is 54.1 Å². The van der Waals surface area contributed by atoms with E-state index in [4.69, 9.17) is 4.74 Å². The third-order valence-corrected chi connectivity index (χ3v) is 4.51. The highest BCUT2D eigenvalue weighted by molar-refractivity contribution is 7.89. The van der Waals surface area contributed by atoms with Gasteiger partial charge in [0, 0.05) is 0 Å². The van der Waals surface area contributed by atoms with Crippen molar-refractivity contribution in [3.8, 4) is 11.5 Å². The van der Waals surface area contributed by atoms with Crippen LogP contribution in [0.25, 0.3) is 0 Å². The van der Waals surface area contributed by atoms with Crippen LogP contribution in [0.5, 0.6) is 11.5 Å². The van der Waals surface area contributed by atoms with Gasteiger partial charge in [0.05, 0.1) is 17.2 Å². The van der Waals surface area contributed by atoms with Crippen molar-refractivity contribution in [2.75, 3.05) is 6.61 Å². The molecule has 0 atom stereocenters. The molecule has 2 aromatic rings. The minimum Gasteiger partial charge on any atom is -0.508 e. The van der Waals surface area contributed by atoms with Gasteiger partial charge in [0.25, 0.3) is 10.0 Å². The average molecular weight is 348 g/mol. The zero-order valence-electron chi connectivity index (χ0n) is 13.6. The Morgan fingerprint density at radius 2 is 1.71 bits per heavy atom. The normalized spacial score (nSPS) is 12.0. The summed E-state index contributed by atoms with van der Waals surface area (Å²) in [5.41, 5.74) is 1.31. The zero-order valence-corrected chi connectivity index (χ0v) is 14.4. The molecule has 0 aliphatic rings. The smallest absolute Gasteiger partial charge is 0.276 e. The Bertz CT molecular complexity index is 797. The van der Waals surface area contributed by atoms with E-state index < -0.39 is 10.0 Å². The summed E-state index contributed by atoms with van der Waals surface area (Å²) in [6.45, 7) is 4.24. The van der Waals surface area contributed by atoms with Crippen LogP contribution in [0, 0.1) is 0 Å². The van der Waals surface area contributed by atoms with Gasteiger partial charge in [-0.05, 0) is 67.4 Å². The van der Waals surface area contributed by atoms with E-state index in [1.807, 2.05) is 13.8 Å². The second-order valence-electron chi connectivity index (χ2n) is 4.96. The predicted octanol–water partition coefficient (Wildman–Crippen LogP) is 2.88. The molecule has 0 radical (unpaired) electrons. The second kappa shape index (κ2) is 7.83. The molecule has 0 bridgehead atoms. The zero-order chi connectivity index (χ0) is 17.6. The van der Waals surface area contributed by atoms with Crippen LogP contribution in [0.15, 0.2) is 58.5 Å². The lowest BCUT2D eigenvalue weighted by molar-refractivity contribution is 0.340. The Balaban J connectivity index is 2.19. The third-order valence-electron chi connectivity index (χ3n) is 3.28. The molecule has 2 rings (SSSR count). The van der Waals surface area contributed by atoms with Crippen LogP contribution in [0.3, 0.4) is 0 Å². The molecule has 0 aliphatic carbocycles. The van der Waals surface area contributed by atoms with Crippen LogP contribution in [0.2, 0.25) is 0 Å². The first kappa shape index (κ1) is 17.8. The molecule has 0 spiro atoms. The number of rotatable bonds is 7. The van der Waals surface area contributed by atoms with E-state index in [2.05, 4.69) is 9.93 Å². The van der Waals surface area contributed by atoms with Crippen LogP contribution >= 0.6 is 0 Å². The number of aromatic hydroxyl groups is 1. The summed E-state index contributed by atoms with van der Waals surface area (Å²) >= 11 is 0. The van der Waals surface area contributed by atoms with Crippen molar-refractivity contribution in [2.24, 2.45) is 5.10 Å². The minimum atomic E-state index is -3.76. The van der Waals surface area contributed by atoms with Crippen molar-refractivity contribution < 1.29 is 18.3 Å². The van der Waals surface area contributed by atoms with Gasteiger partial charge in [-0.3, -0.25) is 0 Å². The number of nitrogens with zero attached hydrogens (tertiary/aromatic N) is 1. The monoisotopic (exact) mass is 348 g/mol. The van der Waals surface area contributed by atoms with Gasteiger partial charge in [-0.1, -0.05) is 6.92 Å². The Morgan fingerprint density at radius 1 is 1.08 bits per heavy atom. The van der Waals surface area contributed by atoms with Gasteiger partial charge < -0.3 is 9.84 Å². The highest BCUT2D eigenvalue weighted by Crippen LogP contribution is 2.16. The standard InChI is InChI=1S/C17H20N2O4S/c1-3-17(13-5-7-14(20)8-6-13)18-19-24(21,22)16-11-9-15(10-12-16)23-4-2/h5-12,19-20H,3-4H2,1-2H3/b18-17+. The van der Waals surface area contributed by atoms with Gasteiger partial charge in [-0.2, -0.15) is 18.4 Å². The molecule has 0 saturated heterocycles. The Morgan fingerprint density at radius 3 is 2.25 bits per heavy atom. The Kier molecular flexibility index (Phi) is 5.81. The van der Waals surface area contributed by atoms with Crippen molar-refractivity contribution in [3.63, 3.8) is 0 Å². The van der Waals surface area contributed by atoms with E-state index in [-0.39, 0.29) is 10.6 Å². The van der Waals surface area contributed by atoms with E-state index >= 15 is 0 Å². The van der Waals surface area contributed by atoms with Crippen LogP contribution in [0.1, 0.15) is 25.8 Å². The van der Waals surface area contributed by atoms with Crippen molar-refractivity contribution in [2.45, 2.75) is 25.2 Å². The van der Waals surface area contributed by atoms with Crippen molar-refractivity contribution >= 4 is 15.7 Å². The summed E-state index contributed by atoms with van der Waals surface area (Å²) < 4.78 is 29.9. The molecule has 0 unspecified atom stereocenters. The van der Waals surface area contributed by atoms with Gasteiger partial charge >= 0.3 is 0 Å². The lowest BCUT2D eigenvalue weighted by Gasteiger charge is -2.08. The van der Waals surface area contributed by atoms with Crippen molar-refractivity contribution in [1.82, 2.24) is 4.83 Å². The maximum Gasteiger partial charge on any atom is 0.276 e. The third kappa shape index (κ3) is 4.48. The fourth-order valence-electron chi connectivity index (χ4n) is 2.05. The summed E-state index contributed by atoms with van der Waals surface area (Å²) in [4.78, 5) is 2.36. The molecular formula is C17H20N2O4S. The first-order valence-corrected chi connectivity index (χ1v) is 9.05. The van der Waals surface area contributed by atoms with E-state index in [9.17, 15) is 13.5 Å². The van der Waals surface area contributed by atoms with Crippen molar-refractivity contribution in [1.29, 1.82) is 0 Å². The van der Waals surface area contributed by atoms with Crippen LogP contribution in [0.4, 0.5) is 0 Å².